The summed E-state index contributed by atoms with van der Waals surface area (Å²) in [5.74, 6) is -0.901. The largest absolute Gasteiger partial charge is 0.461 e. The maximum atomic E-state index is 13.2. The van der Waals surface area contributed by atoms with Gasteiger partial charge < -0.3 is 4.74 Å². The highest BCUT2D eigenvalue weighted by Gasteiger charge is 2.40. The first-order valence-corrected chi connectivity index (χ1v) is 9.11. The topological polar surface area (TPSA) is 73.9 Å². The Morgan fingerprint density at radius 3 is 2.41 bits per heavy atom. The van der Waals surface area contributed by atoms with Gasteiger partial charge in [0, 0.05) is 0 Å². The van der Waals surface area contributed by atoms with Gasteiger partial charge in [-0.1, -0.05) is 17.7 Å². The number of rotatable bonds is 5. The van der Waals surface area contributed by atoms with E-state index in [2.05, 4.69) is 11.2 Å². The number of benzene rings is 2. The highest BCUT2D eigenvalue weighted by Crippen LogP contribution is 2.38. The van der Waals surface area contributed by atoms with Gasteiger partial charge in [0.2, 0.25) is 0 Å². The number of nitrogens with zero attached hydrogens (tertiary/aromatic N) is 5. The van der Waals surface area contributed by atoms with E-state index in [1.165, 1.54) is 16.8 Å². The molecule has 7 nitrogen and oxygen atoms in total. The average Bonchev–Trinajstić information content (AvgIpc) is 3.41. The van der Waals surface area contributed by atoms with Gasteiger partial charge in [0.15, 0.2) is 11.4 Å². The normalized spacial score (nSPS) is 12.6. The van der Waals surface area contributed by atoms with Crippen molar-refractivity contribution in [2.24, 2.45) is 0 Å². The number of carbonyl (C=O) groups excluding carboxylic acids is 1. The van der Waals surface area contributed by atoms with Crippen LogP contribution in [0.25, 0.3) is 5.69 Å². The number of aryl methyl sites for hydroxylation is 1. The van der Waals surface area contributed by atoms with Crippen LogP contribution in [0, 0.1) is 24.1 Å². The van der Waals surface area contributed by atoms with Gasteiger partial charge in [-0.2, -0.15) is 10.4 Å². The first kappa shape index (κ1) is 18.5. The van der Waals surface area contributed by atoms with Crippen LogP contribution < -0.4 is 10.0 Å². The minimum absolute atomic E-state index is 0.109. The fourth-order valence-electron chi connectivity index (χ4n) is 3.11. The summed E-state index contributed by atoms with van der Waals surface area (Å²) in [7, 11) is 0. The van der Waals surface area contributed by atoms with E-state index >= 15 is 0 Å². The molecule has 0 bridgehead atoms. The van der Waals surface area contributed by atoms with E-state index < -0.39 is 5.97 Å². The predicted octanol–water partition coefficient (Wildman–Crippen LogP) is 3.57. The van der Waals surface area contributed by atoms with E-state index in [-0.39, 0.29) is 23.8 Å². The molecule has 4 rings (SSSR count). The number of esters is 1. The fraction of sp³-hybridized carbons (Fsp3) is 0.190. The third-order valence-electron chi connectivity index (χ3n) is 4.57. The summed E-state index contributed by atoms with van der Waals surface area (Å²) in [5.41, 5.74) is 3.11. The number of hydrazine groups is 1. The Labute approximate surface area is 167 Å². The van der Waals surface area contributed by atoms with Crippen molar-refractivity contribution >= 4 is 17.3 Å². The van der Waals surface area contributed by atoms with E-state index in [0.717, 1.165) is 11.3 Å². The van der Waals surface area contributed by atoms with Crippen LogP contribution >= 0.6 is 0 Å². The van der Waals surface area contributed by atoms with E-state index in [0.29, 0.717) is 18.0 Å². The summed E-state index contributed by atoms with van der Waals surface area (Å²) in [6, 6.07) is 15.5. The molecule has 0 amide bonds. The van der Waals surface area contributed by atoms with Gasteiger partial charge in [-0.3, -0.25) is 10.0 Å². The number of carbonyl (C=O) groups is 1. The molecule has 0 spiro atoms. The number of hydrogen-bond acceptors (Lipinski definition) is 6. The van der Waals surface area contributed by atoms with Gasteiger partial charge in [-0.05, 0) is 50.2 Å². The maximum Gasteiger partial charge on any atom is 0.359 e. The molecule has 1 aromatic heterocycles. The lowest BCUT2D eigenvalue weighted by Gasteiger charge is -2.11. The van der Waals surface area contributed by atoms with Crippen LogP contribution in [0.2, 0.25) is 0 Å². The number of halogens is 1. The molecule has 1 aliphatic rings. The minimum atomic E-state index is -0.567. The van der Waals surface area contributed by atoms with Crippen molar-refractivity contribution in [2.45, 2.75) is 13.8 Å². The molecule has 2 aromatic carbocycles. The van der Waals surface area contributed by atoms with Crippen molar-refractivity contribution in [3.05, 3.63) is 71.3 Å². The number of ether oxygens (including phenoxy) is 1. The van der Waals surface area contributed by atoms with Crippen molar-refractivity contribution in [1.29, 1.82) is 5.26 Å². The van der Waals surface area contributed by atoms with Gasteiger partial charge in [-0.15, -0.1) is 0 Å². The number of hydrogen-bond donors (Lipinski definition) is 0. The lowest BCUT2D eigenvalue weighted by molar-refractivity contribution is 0.0516. The summed E-state index contributed by atoms with van der Waals surface area (Å²) in [6.07, 6.45) is 0. The van der Waals surface area contributed by atoms with Gasteiger partial charge in [-0.25, -0.2) is 13.9 Å². The lowest BCUT2D eigenvalue weighted by atomic mass is 10.2. The zero-order valence-corrected chi connectivity index (χ0v) is 16.0. The van der Waals surface area contributed by atoms with Crippen molar-refractivity contribution in [3.63, 3.8) is 0 Å². The van der Waals surface area contributed by atoms with Gasteiger partial charge in [0.05, 0.1) is 18.0 Å². The Kier molecular flexibility index (Phi) is 4.64. The second kappa shape index (κ2) is 7.28. The van der Waals surface area contributed by atoms with Crippen LogP contribution in [0.1, 0.15) is 28.7 Å². The molecule has 8 heteroatoms. The molecule has 1 saturated heterocycles. The molecule has 29 heavy (non-hydrogen) atoms. The van der Waals surface area contributed by atoms with Crippen molar-refractivity contribution in [3.8, 4) is 11.8 Å². The van der Waals surface area contributed by atoms with Gasteiger partial charge >= 0.3 is 5.97 Å². The number of anilines is 2. The van der Waals surface area contributed by atoms with Crippen LogP contribution in [0.15, 0.2) is 48.5 Å². The summed E-state index contributed by atoms with van der Waals surface area (Å²) < 4.78 is 19.9. The first-order valence-electron chi connectivity index (χ1n) is 9.11. The van der Waals surface area contributed by atoms with Crippen molar-refractivity contribution < 1.29 is 13.9 Å². The van der Waals surface area contributed by atoms with Crippen LogP contribution in [0.5, 0.6) is 0 Å². The van der Waals surface area contributed by atoms with E-state index in [1.54, 1.807) is 24.1 Å². The Hall–Kier alpha value is -3.86. The van der Waals surface area contributed by atoms with Crippen molar-refractivity contribution in [2.75, 3.05) is 23.3 Å². The van der Waals surface area contributed by atoms with Gasteiger partial charge in [0.1, 0.15) is 24.2 Å². The minimum Gasteiger partial charge on any atom is -0.461 e. The summed E-state index contributed by atoms with van der Waals surface area (Å²) >= 11 is 0. The molecule has 0 saturated carbocycles. The quantitative estimate of drug-likeness (QED) is 0.489. The molecule has 3 aromatic rings. The first-order chi connectivity index (χ1) is 14.0. The Bertz CT molecular complexity index is 1100. The smallest absolute Gasteiger partial charge is 0.359 e. The van der Waals surface area contributed by atoms with Crippen LogP contribution in [0.3, 0.4) is 0 Å². The Balaban J connectivity index is 1.80. The third-order valence-corrected chi connectivity index (χ3v) is 4.57. The number of nitriles is 1. The second-order valence-electron chi connectivity index (χ2n) is 6.54. The highest BCUT2D eigenvalue weighted by atomic mass is 19.1. The van der Waals surface area contributed by atoms with Crippen molar-refractivity contribution in [1.82, 2.24) is 9.78 Å². The summed E-state index contributed by atoms with van der Waals surface area (Å²) in [4.78, 5) is 12.8. The number of aromatic nitrogens is 2. The monoisotopic (exact) mass is 391 g/mol. The van der Waals surface area contributed by atoms with E-state index in [1.807, 2.05) is 36.2 Å². The molecule has 1 fully saturated rings. The molecular formula is C21H18FN5O2. The van der Waals surface area contributed by atoms with Gasteiger partial charge in [0.25, 0.3) is 0 Å². The van der Waals surface area contributed by atoms with Crippen LogP contribution in [-0.2, 0) is 4.74 Å². The van der Waals surface area contributed by atoms with Crippen LogP contribution in [-0.4, -0.2) is 29.0 Å². The highest BCUT2D eigenvalue weighted by molar-refractivity contribution is 5.97. The zero-order chi connectivity index (χ0) is 20.5. The molecule has 0 aliphatic carbocycles. The fourth-order valence-corrected chi connectivity index (χ4v) is 3.11. The molecular weight excluding hydrogens is 373 g/mol. The Morgan fingerprint density at radius 1 is 1.14 bits per heavy atom. The standard InChI is InChI=1S/C21H18FN5O2/c1-3-29-21(28)20-19(26-13-25(26)16-10-6-15(22)7-11-16)18(12-23)24-27(20)17-8-4-14(2)5-9-17/h4-11H,3,13H2,1-2H3. The third kappa shape index (κ3) is 3.38. The molecule has 0 atom stereocenters. The molecule has 0 unspecified atom stereocenters. The maximum absolute atomic E-state index is 13.2. The second-order valence-corrected chi connectivity index (χ2v) is 6.54. The SMILES string of the molecule is CCOC(=O)c1c(N2CN2c2ccc(F)cc2)c(C#N)nn1-c1ccc(C)cc1. The van der Waals surface area contributed by atoms with E-state index in [9.17, 15) is 14.4 Å². The molecule has 1 aliphatic heterocycles. The molecule has 0 N–H and O–H groups in total. The van der Waals surface area contributed by atoms with Crippen LogP contribution in [0.4, 0.5) is 15.8 Å². The summed E-state index contributed by atoms with van der Waals surface area (Å²) in [5, 5.41) is 17.6. The predicted molar refractivity (Wildman–Crippen MR) is 105 cm³/mol. The zero-order valence-electron chi connectivity index (χ0n) is 16.0. The lowest BCUT2D eigenvalue weighted by Crippen LogP contribution is -2.15. The molecule has 2 heterocycles. The molecule has 0 radical (unpaired) electrons. The summed E-state index contributed by atoms with van der Waals surface area (Å²) in [6.45, 7) is 4.31. The Morgan fingerprint density at radius 2 is 1.79 bits per heavy atom. The molecule has 146 valence electrons. The van der Waals surface area contributed by atoms with E-state index in [4.69, 9.17) is 4.74 Å². The average molecular weight is 391 g/mol.